The Morgan fingerprint density at radius 1 is 1.28 bits per heavy atom. The molecule has 104 valence electrons. The Labute approximate surface area is 109 Å². The van der Waals surface area contributed by atoms with Crippen molar-refractivity contribution in [1.82, 2.24) is 16.0 Å². The number of hydrogen-bond donors (Lipinski definition) is 3. The van der Waals surface area contributed by atoms with Crippen LogP contribution in [0, 0.1) is 5.41 Å². The second kappa shape index (κ2) is 6.73. The van der Waals surface area contributed by atoms with Crippen molar-refractivity contribution in [2.24, 2.45) is 5.41 Å². The highest BCUT2D eigenvalue weighted by Crippen LogP contribution is 2.36. The van der Waals surface area contributed by atoms with E-state index in [4.69, 9.17) is 0 Å². The van der Waals surface area contributed by atoms with Gasteiger partial charge < -0.3 is 10.6 Å². The molecule has 5 heteroatoms. The minimum Gasteiger partial charge on any atom is -0.338 e. The molecule has 0 heterocycles. The molecule has 3 N–H and O–H groups in total. The summed E-state index contributed by atoms with van der Waals surface area (Å²) in [6, 6.07) is -0.770. The molecule has 1 rings (SSSR count). The minimum absolute atomic E-state index is 0.275. The molecule has 0 aromatic carbocycles. The number of rotatable bonds is 5. The standard InChI is InChI=1S/C13H25N3O2/c1-4-14-12(18)16-11(17)10(2)15-9-13(3)7-5-6-8-13/h10,15H,4-9H2,1-3H3,(H2,14,16,17,18). The SMILES string of the molecule is CCNC(=O)NC(=O)C(C)NCC1(C)CCCC1. The van der Waals surface area contributed by atoms with E-state index < -0.39 is 6.03 Å². The zero-order chi connectivity index (χ0) is 13.6. The number of amides is 3. The van der Waals surface area contributed by atoms with Gasteiger partial charge in [-0.15, -0.1) is 0 Å². The summed E-state index contributed by atoms with van der Waals surface area (Å²) in [7, 11) is 0. The summed E-state index contributed by atoms with van der Waals surface area (Å²) >= 11 is 0. The zero-order valence-corrected chi connectivity index (χ0v) is 11.6. The van der Waals surface area contributed by atoms with Crippen LogP contribution in [0.5, 0.6) is 0 Å². The van der Waals surface area contributed by atoms with E-state index in [0.29, 0.717) is 12.0 Å². The molecule has 0 spiro atoms. The summed E-state index contributed by atoms with van der Waals surface area (Å²) in [5.74, 6) is -0.275. The van der Waals surface area contributed by atoms with Crippen molar-refractivity contribution < 1.29 is 9.59 Å². The highest BCUT2D eigenvalue weighted by Gasteiger charge is 2.29. The summed E-state index contributed by atoms with van der Waals surface area (Å²) in [5.41, 5.74) is 0.306. The molecular weight excluding hydrogens is 230 g/mol. The van der Waals surface area contributed by atoms with Crippen LogP contribution in [-0.2, 0) is 4.79 Å². The predicted octanol–water partition coefficient (Wildman–Crippen LogP) is 1.39. The number of imide groups is 1. The smallest absolute Gasteiger partial charge is 0.321 e. The van der Waals surface area contributed by atoms with Crippen molar-refractivity contribution in [3.63, 3.8) is 0 Å². The average molecular weight is 255 g/mol. The molecule has 0 aromatic rings. The maximum absolute atomic E-state index is 11.7. The molecule has 1 atom stereocenters. The second-order valence-electron chi connectivity index (χ2n) is 5.47. The highest BCUT2D eigenvalue weighted by molar-refractivity contribution is 5.96. The van der Waals surface area contributed by atoms with Crippen LogP contribution >= 0.6 is 0 Å². The first-order valence-corrected chi connectivity index (χ1v) is 6.79. The largest absolute Gasteiger partial charge is 0.338 e. The average Bonchev–Trinajstić information content (AvgIpc) is 2.74. The van der Waals surface area contributed by atoms with Crippen molar-refractivity contribution in [2.45, 2.75) is 52.5 Å². The van der Waals surface area contributed by atoms with Crippen molar-refractivity contribution >= 4 is 11.9 Å². The predicted molar refractivity (Wildman–Crippen MR) is 71.3 cm³/mol. The van der Waals surface area contributed by atoms with E-state index in [1.54, 1.807) is 6.92 Å². The Morgan fingerprint density at radius 3 is 2.44 bits per heavy atom. The fraction of sp³-hybridized carbons (Fsp3) is 0.846. The van der Waals surface area contributed by atoms with Crippen LogP contribution in [0.4, 0.5) is 4.79 Å². The van der Waals surface area contributed by atoms with E-state index in [1.807, 2.05) is 6.92 Å². The molecule has 0 bridgehead atoms. The van der Waals surface area contributed by atoms with E-state index in [9.17, 15) is 9.59 Å². The van der Waals surface area contributed by atoms with Gasteiger partial charge in [-0.3, -0.25) is 10.1 Å². The Hall–Kier alpha value is -1.10. The molecule has 1 aliphatic rings. The molecular formula is C13H25N3O2. The topological polar surface area (TPSA) is 70.2 Å². The third-order valence-corrected chi connectivity index (χ3v) is 3.61. The van der Waals surface area contributed by atoms with E-state index in [0.717, 1.165) is 6.54 Å². The third-order valence-electron chi connectivity index (χ3n) is 3.61. The van der Waals surface area contributed by atoms with Crippen LogP contribution < -0.4 is 16.0 Å². The zero-order valence-electron chi connectivity index (χ0n) is 11.6. The van der Waals surface area contributed by atoms with Crippen LogP contribution in [0.2, 0.25) is 0 Å². The van der Waals surface area contributed by atoms with Crippen LogP contribution in [-0.4, -0.2) is 31.1 Å². The first-order chi connectivity index (χ1) is 8.47. The molecule has 1 saturated carbocycles. The summed E-state index contributed by atoms with van der Waals surface area (Å²) in [6.45, 7) is 7.19. The summed E-state index contributed by atoms with van der Waals surface area (Å²) in [5, 5.41) is 8.07. The Balaban J connectivity index is 2.29. The van der Waals surface area contributed by atoms with Gasteiger partial charge in [-0.05, 0) is 32.1 Å². The maximum atomic E-state index is 11.7. The number of carbonyl (C=O) groups is 2. The molecule has 18 heavy (non-hydrogen) atoms. The lowest BCUT2D eigenvalue weighted by atomic mass is 9.88. The molecule has 0 radical (unpaired) electrons. The molecule has 1 fully saturated rings. The van der Waals surface area contributed by atoms with Gasteiger partial charge >= 0.3 is 6.03 Å². The molecule has 0 aliphatic heterocycles. The second-order valence-corrected chi connectivity index (χ2v) is 5.47. The van der Waals surface area contributed by atoms with Gasteiger partial charge in [-0.2, -0.15) is 0 Å². The Kier molecular flexibility index (Phi) is 5.59. The molecule has 5 nitrogen and oxygen atoms in total. The lowest BCUT2D eigenvalue weighted by molar-refractivity contribution is -0.121. The number of hydrogen-bond acceptors (Lipinski definition) is 3. The molecule has 1 aliphatic carbocycles. The highest BCUT2D eigenvalue weighted by atomic mass is 16.2. The van der Waals surface area contributed by atoms with Crippen LogP contribution in [0.15, 0.2) is 0 Å². The lowest BCUT2D eigenvalue weighted by Crippen LogP contribution is -2.49. The Bertz CT molecular complexity index is 299. The normalized spacial score (nSPS) is 19.3. The van der Waals surface area contributed by atoms with Crippen LogP contribution in [0.1, 0.15) is 46.5 Å². The van der Waals surface area contributed by atoms with E-state index in [1.165, 1.54) is 25.7 Å². The van der Waals surface area contributed by atoms with Gasteiger partial charge in [0.05, 0.1) is 6.04 Å². The number of nitrogens with one attached hydrogen (secondary N) is 3. The van der Waals surface area contributed by atoms with Crippen molar-refractivity contribution in [1.29, 1.82) is 0 Å². The monoisotopic (exact) mass is 255 g/mol. The molecule has 0 aromatic heterocycles. The van der Waals surface area contributed by atoms with Crippen LogP contribution in [0.3, 0.4) is 0 Å². The first kappa shape index (κ1) is 15.0. The lowest BCUT2D eigenvalue weighted by Gasteiger charge is -2.25. The van der Waals surface area contributed by atoms with Gasteiger partial charge in [0.1, 0.15) is 0 Å². The van der Waals surface area contributed by atoms with Crippen molar-refractivity contribution in [3.05, 3.63) is 0 Å². The van der Waals surface area contributed by atoms with Gasteiger partial charge in [-0.1, -0.05) is 19.8 Å². The summed E-state index contributed by atoms with van der Waals surface area (Å²) in [4.78, 5) is 22.9. The van der Waals surface area contributed by atoms with E-state index in [2.05, 4.69) is 22.9 Å². The van der Waals surface area contributed by atoms with E-state index >= 15 is 0 Å². The third kappa shape index (κ3) is 4.64. The van der Waals surface area contributed by atoms with Gasteiger partial charge in [0.15, 0.2) is 0 Å². The minimum atomic E-state index is -0.428. The molecule has 0 saturated heterocycles. The Morgan fingerprint density at radius 2 is 1.89 bits per heavy atom. The summed E-state index contributed by atoms with van der Waals surface area (Å²) in [6.07, 6.45) is 4.98. The summed E-state index contributed by atoms with van der Waals surface area (Å²) < 4.78 is 0. The first-order valence-electron chi connectivity index (χ1n) is 6.79. The number of urea groups is 1. The quantitative estimate of drug-likeness (QED) is 0.695. The fourth-order valence-corrected chi connectivity index (χ4v) is 2.32. The maximum Gasteiger partial charge on any atom is 0.321 e. The molecule has 1 unspecified atom stereocenters. The van der Waals surface area contributed by atoms with Crippen molar-refractivity contribution in [2.75, 3.05) is 13.1 Å². The number of carbonyl (C=O) groups excluding carboxylic acids is 2. The molecule has 3 amide bonds. The fourth-order valence-electron chi connectivity index (χ4n) is 2.32. The van der Waals surface area contributed by atoms with Gasteiger partial charge in [0.2, 0.25) is 5.91 Å². The van der Waals surface area contributed by atoms with Gasteiger partial charge in [0.25, 0.3) is 0 Å². The van der Waals surface area contributed by atoms with Gasteiger partial charge in [-0.25, -0.2) is 4.79 Å². The van der Waals surface area contributed by atoms with Gasteiger partial charge in [0, 0.05) is 13.1 Å². The van der Waals surface area contributed by atoms with E-state index in [-0.39, 0.29) is 11.9 Å². The van der Waals surface area contributed by atoms with Crippen LogP contribution in [0.25, 0.3) is 0 Å². The van der Waals surface area contributed by atoms with Crippen molar-refractivity contribution in [3.8, 4) is 0 Å².